The Morgan fingerprint density at radius 3 is 2.61 bits per heavy atom. The van der Waals surface area contributed by atoms with Crippen molar-refractivity contribution >= 4 is 11.8 Å². The molecular weight excluding hydrogens is 290 g/mol. The number of carbonyl (C=O) groups is 2. The van der Waals surface area contributed by atoms with Crippen LogP contribution in [-0.4, -0.2) is 35.3 Å². The molecule has 5 heteroatoms. The molecule has 0 aromatic heterocycles. The van der Waals surface area contributed by atoms with Crippen LogP contribution < -0.4 is 11.1 Å². The van der Waals surface area contributed by atoms with Gasteiger partial charge in [-0.2, -0.15) is 0 Å². The first kappa shape index (κ1) is 17.5. The molecule has 1 aromatic rings. The van der Waals surface area contributed by atoms with E-state index < -0.39 is 5.54 Å². The molecule has 0 radical (unpaired) electrons. The van der Waals surface area contributed by atoms with E-state index in [9.17, 15) is 9.59 Å². The first-order valence-corrected chi connectivity index (χ1v) is 8.19. The van der Waals surface area contributed by atoms with Crippen LogP contribution in [0, 0.1) is 11.8 Å². The Labute approximate surface area is 138 Å². The number of nitrogens with one attached hydrogen (secondary N) is 1. The summed E-state index contributed by atoms with van der Waals surface area (Å²) in [6.45, 7) is 7.43. The van der Waals surface area contributed by atoms with Crippen LogP contribution >= 0.6 is 0 Å². The number of nitrogens with zero attached hydrogens (tertiary/aromatic N) is 1. The van der Waals surface area contributed by atoms with Crippen LogP contribution in [0.2, 0.25) is 0 Å². The molecule has 23 heavy (non-hydrogen) atoms. The molecule has 0 saturated carbocycles. The van der Waals surface area contributed by atoms with E-state index in [4.69, 9.17) is 5.73 Å². The van der Waals surface area contributed by atoms with Gasteiger partial charge in [-0.3, -0.25) is 9.59 Å². The van der Waals surface area contributed by atoms with E-state index in [2.05, 4.69) is 5.32 Å². The van der Waals surface area contributed by atoms with Crippen molar-refractivity contribution in [2.45, 2.75) is 39.3 Å². The molecule has 1 aliphatic rings. The van der Waals surface area contributed by atoms with Crippen molar-refractivity contribution in [3.8, 4) is 0 Å². The van der Waals surface area contributed by atoms with Crippen LogP contribution in [0.3, 0.4) is 0 Å². The van der Waals surface area contributed by atoms with E-state index in [-0.39, 0.29) is 30.1 Å². The zero-order valence-corrected chi connectivity index (χ0v) is 14.2. The molecule has 2 rings (SSSR count). The molecule has 1 saturated heterocycles. The van der Waals surface area contributed by atoms with E-state index >= 15 is 0 Å². The van der Waals surface area contributed by atoms with Crippen LogP contribution in [0.1, 0.15) is 32.8 Å². The van der Waals surface area contributed by atoms with Crippen molar-refractivity contribution in [3.63, 3.8) is 0 Å². The first-order chi connectivity index (χ1) is 10.9. The van der Waals surface area contributed by atoms with Crippen molar-refractivity contribution in [1.29, 1.82) is 0 Å². The van der Waals surface area contributed by atoms with Crippen molar-refractivity contribution in [2.24, 2.45) is 17.6 Å². The number of amides is 2. The highest BCUT2D eigenvalue weighted by molar-refractivity contribution is 5.89. The summed E-state index contributed by atoms with van der Waals surface area (Å²) in [5, 5.41) is 3.05. The van der Waals surface area contributed by atoms with Gasteiger partial charge in [0.15, 0.2) is 0 Å². The van der Waals surface area contributed by atoms with Crippen LogP contribution in [0.5, 0.6) is 0 Å². The minimum atomic E-state index is -0.438. The number of nitrogens with two attached hydrogens (primary N) is 1. The Hall–Kier alpha value is -1.88. The van der Waals surface area contributed by atoms with Gasteiger partial charge in [-0.15, -0.1) is 0 Å². The first-order valence-electron chi connectivity index (χ1n) is 8.19. The quantitative estimate of drug-likeness (QED) is 0.835. The molecule has 2 unspecified atom stereocenters. The molecule has 2 amide bonds. The highest BCUT2D eigenvalue weighted by atomic mass is 16.2. The smallest absolute Gasteiger partial charge is 0.225 e. The Balaban J connectivity index is 1.98. The molecule has 0 aliphatic carbocycles. The SMILES string of the molecule is CC(C)C(C)(CN)NC(=O)C1CC(=O)N(Cc2ccccc2)C1. The molecule has 1 heterocycles. The van der Waals surface area contributed by atoms with Gasteiger partial charge in [0.1, 0.15) is 0 Å². The molecule has 1 fully saturated rings. The maximum absolute atomic E-state index is 12.5. The lowest BCUT2D eigenvalue weighted by molar-refractivity contribution is -0.130. The minimum Gasteiger partial charge on any atom is -0.349 e. The maximum atomic E-state index is 12.5. The summed E-state index contributed by atoms with van der Waals surface area (Å²) in [6, 6.07) is 9.84. The summed E-state index contributed by atoms with van der Waals surface area (Å²) < 4.78 is 0. The van der Waals surface area contributed by atoms with Crippen molar-refractivity contribution in [2.75, 3.05) is 13.1 Å². The van der Waals surface area contributed by atoms with Gasteiger partial charge in [-0.05, 0) is 18.4 Å². The van der Waals surface area contributed by atoms with E-state index in [1.165, 1.54) is 0 Å². The van der Waals surface area contributed by atoms with Crippen LogP contribution in [-0.2, 0) is 16.1 Å². The third-order valence-electron chi connectivity index (χ3n) is 4.91. The molecular formula is C18H27N3O2. The van der Waals surface area contributed by atoms with E-state index in [0.29, 0.717) is 19.6 Å². The highest BCUT2D eigenvalue weighted by Gasteiger charge is 2.37. The fourth-order valence-corrected chi connectivity index (χ4v) is 2.72. The van der Waals surface area contributed by atoms with E-state index in [1.807, 2.05) is 51.1 Å². The number of carbonyl (C=O) groups excluding carboxylic acids is 2. The standard InChI is InChI=1S/C18H27N3O2/c1-13(2)18(3,12-19)20-17(23)15-9-16(22)21(11-15)10-14-7-5-4-6-8-14/h4-8,13,15H,9-12,19H2,1-3H3,(H,20,23). The van der Waals surface area contributed by atoms with Crippen molar-refractivity contribution in [3.05, 3.63) is 35.9 Å². The Kier molecular flexibility index (Phi) is 5.42. The minimum absolute atomic E-state index is 0.0352. The van der Waals surface area contributed by atoms with Gasteiger partial charge in [0.2, 0.25) is 11.8 Å². The fraction of sp³-hybridized carbons (Fsp3) is 0.556. The molecule has 1 aromatic carbocycles. The fourth-order valence-electron chi connectivity index (χ4n) is 2.72. The average molecular weight is 317 g/mol. The van der Waals surface area contributed by atoms with Gasteiger partial charge in [-0.25, -0.2) is 0 Å². The number of likely N-dealkylation sites (tertiary alicyclic amines) is 1. The summed E-state index contributed by atoms with van der Waals surface area (Å²) in [5.41, 5.74) is 6.46. The number of hydrogen-bond acceptors (Lipinski definition) is 3. The van der Waals surface area contributed by atoms with Gasteiger partial charge in [-0.1, -0.05) is 44.2 Å². The second-order valence-corrected chi connectivity index (χ2v) is 6.93. The normalized spacial score (nSPS) is 20.7. The number of rotatable bonds is 6. The zero-order chi connectivity index (χ0) is 17.0. The summed E-state index contributed by atoms with van der Waals surface area (Å²) in [4.78, 5) is 26.5. The third-order valence-corrected chi connectivity index (χ3v) is 4.91. The second kappa shape index (κ2) is 7.13. The molecule has 0 bridgehead atoms. The predicted molar refractivity (Wildman–Crippen MR) is 90.4 cm³/mol. The topological polar surface area (TPSA) is 75.4 Å². The van der Waals surface area contributed by atoms with Crippen LogP contribution in [0.15, 0.2) is 30.3 Å². The average Bonchev–Trinajstić information content (AvgIpc) is 2.89. The lowest BCUT2D eigenvalue weighted by atomic mass is 9.87. The van der Waals surface area contributed by atoms with Gasteiger partial charge in [0.05, 0.1) is 11.5 Å². The van der Waals surface area contributed by atoms with E-state index in [1.54, 1.807) is 4.90 Å². The molecule has 2 atom stereocenters. The van der Waals surface area contributed by atoms with Crippen LogP contribution in [0.4, 0.5) is 0 Å². The predicted octanol–water partition coefficient (Wildman–Crippen LogP) is 1.52. The molecule has 5 nitrogen and oxygen atoms in total. The zero-order valence-electron chi connectivity index (χ0n) is 14.2. The Morgan fingerprint density at radius 2 is 2.04 bits per heavy atom. The lowest BCUT2D eigenvalue weighted by Crippen LogP contribution is -2.56. The second-order valence-electron chi connectivity index (χ2n) is 6.93. The van der Waals surface area contributed by atoms with Gasteiger partial charge >= 0.3 is 0 Å². The largest absolute Gasteiger partial charge is 0.349 e. The lowest BCUT2D eigenvalue weighted by Gasteiger charge is -2.34. The van der Waals surface area contributed by atoms with Crippen LogP contribution in [0.25, 0.3) is 0 Å². The van der Waals surface area contributed by atoms with E-state index in [0.717, 1.165) is 5.56 Å². The summed E-state index contributed by atoms with van der Waals surface area (Å²) >= 11 is 0. The third kappa shape index (κ3) is 4.10. The Morgan fingerprint density at radius 1 is 1.39 bits per heavy atom. The molecule has 3 N–H and O–H groups in total. The van der Waals surface area contributed by atoms with Crippen molar-refractivity contribution in [1.82, 2.24) is 10.2 Å². The van der Waals surface area contributed by atoms with Crippen molar-refractivity contribution < 1.29 is 9.59 Å². The molecule has 0 spiro atoms. The molecule has 1 aliphatic heterocycles. The summed E-state index contributed by atoms with van der Waals surface area (Å²) in [7, 11) is 0. The maximum Gasteiger partial charge on any atom is 0.225 e. The summed E-state index contributed by atoms with van der Waals surface area (Å²) in [6.07, 6.45) is 0.275. The molecule has 126 valence electrons. The number of hydrogen-bond donors (Lipinski definition) is 2. The van der Waals surface area contributed by atoms with Gasteiger partial charge in [0, 0.05) is 26.1 Å². The Bertz CT molecular complexity index is 559. The highest BCUT2D eigenvalue weighted by Crippen LogP contribution is 2.22. The van der Waals surface area contributed by atoms with Gasteiger partial charge < -0.3 is 16.0 Å². The number of benzene rings is 1. The monoisotopic (exact) mass is 317 g/mol. The van der Waals surface area contributed by atoms with Gasteiger partial charge in [0.25, 0.3) is 0 Å². The summed E-state index contributed by atoms with van der Waals surface area (Å²) in [5.74, 6) is -0.103.